The summed E-state index contributed by atoms with van der Waals surface area (Å²) in [6, 6.07) is 1.43. The summed E-state index contributed by atoms with van der Waals surface area (Å²) in [5.74, 6) is 0. The van der Waals surface area contributed by atoms with Gasteiger partial charge >= 0.3 is 0 Å². The molecule has 4 unspecified atom stereocenters. The quantitative estimate of drug-likeness (QED) is 0.245. The minimum absolute atomic E-state index is 0.488. The third kappa shape index (κ3) is 2.43. The Labute approximate surface area is 122 Å². The second-order valence-corrected chi connectivity index (χ2v) is 4.39. The van der Waals surface area contributed by atoms with Crippen LogP contribution in [0.1, 0.15) is 11.9 Å². The number of aliphatic hydroxyl groups is 3. The van der Waals surface area contributed by atoms with Gasteiger partial charge in [-0.15, -0.1) is 5.10 Å². The van der Waals surface area contributed by atoms with Crippen molar-refractivity contribution in [2.45, 2.75) is 24.5 Å². The van der Waals surface area contributed by atoms with Gasteiger partial charge in [0.25, 0.3) is 5.56 Å². The Morgan fingerprint density at radius 1 is 1.50 bits per heavy atom. The van der Waals surface area contributed by atoms with Crippen LogP contribution < -0.4 is 11.0 Å². The third-order valence-corrected chi connectivity index (χ3v) is 3.12. The highest BCUT2D eigenvalue weighted by molar-refractivity contribution is 6.11. The summed E-state index contributed by atoms with van der Waals surface area (Å²) < 4.78 is 5.63. The number of hydrogen-bond acceptors (Lipinski definition) is 11. The van der Waals surface area contributed by atoms with Crippen molar-refractivity contribution in [3.63, 3.8) is 0 Å². The summed E-state index contributed by atoms with van der Waals surface area (Å²) >= 11 is 0. The maximum Gasteiger partial charge on any atom is 0.298 e. The first kappa shape index (κ1) is 15.9. The Hall–Kier alpha value is -2.43. The van der Waals surface area contributed by atoms with Crippen LogP contribution in [0.25, 0.3) is 0 Å². The van der Waals surface area contributed by atoms with Gasteiger partial charge in [0.2, 0.25) is 0 Å². The van der Waals surface area contributed by atoms with Crippen molar-refractivity contribution in [1.29, 1.82) is 10.7 Å². The first-order valence-electron chi connectivity index (χ1n) is 5.97. The van der Waals surface area contributed by atoms with Crippen LogP contribution in [0.15, 0.2) is 4.79 Å². The fourth-order valence-electron chi connectivity index (χ4n) is 1.98. The van der Waals surface area contributed by atoms with Crippen molar-refractivity contribution in [3.8, 4) is 6.07 Å². The number of nitrogens with zero attached hydrogens (tertiary/aromatic N) is 4. The minimum atomic E-state index is -1.57. The van der Waals surface area contributed by atoms with E-state index in [1.165, 1.54) is 11.5 Å². The number of anilines is 1. The molecule has 0 aliphatic carbocycles. The van der Waals surface area contributed by atoms with Crippen LogP contribution in [0.2, 0.25) is 0 Å². The van der Waals surface area contributed by atoms with Gasteiger partial charge in [0.05, 0.1) is 6.61 Å². The highest BCUT2D eigenvalue weighted by atomic mass is 16.6. The molecule has 1 aromatic rings. The number of rotatable bonds is 4. The lowest BCUT2D eigenvalue weighted by Gasteiger charge is -2.16. The number of nitrogens with one attached hydrogen (secondary N) is 2. The zero-order valence-electron chi connectivity index (χ0n) is 10.9. The standard InChI is InChI=1S/C10H12N6O6/c11-1-3(12)5-6(14-21)9(20)16(15-13-5)10-8(19)7(18)4(2-17)22-10/h4,7-8,10,12,14,17-19,21H,2H2. The summed E-state index contributed by atoms with van der Waals surface area (Å²) in [6.45, 7) is -0.598. The number of aromatic nitrogens is 3. The van der Waals surface area contributed by atoms with Crippen molar-refractivity contribution < 1.29 is 25.3 Å². The van der Waals surface area contributed by atoms with Crippen LogP contribution in [-0.4, -0.2) is 66.2 Å². The average Bonchev–Trinajstić information content (AvgIpc) is 2.81. The largest absolute Gasteiger partial charge is 0.394 e. The molecular weight excluding hydrogens is 300 g/mol. The Kier molecular flexibility index (Phi) is 4.45. The van der Waals surface area contributed by atoms with Gasteiger partial charge < -0.3 is 20.1 Å². The Balaban J connectivity index is 2.49. The van der Waals surface area contributed by atoms with E-state index in [4.69, 9.17) is 25.7 Å². The lowest BCUT2D eigenvalue weighted by atomic mass is 10.1. The molecule has 12 heteroatoms. The molecule has 1 aliphatic rings. The highest BCUT2D eigenvalue weighted by Gasteiger charge is 2.44. The minimum Gasteiger partial charge on any atom is -0.394 e. The van der Waals surface area contributed by atoms with E-state index in [0.717, 1.165) is 0 Å². The fraction of sp³-hybridized carbons (Fsp3) is 0.500. The van der Waals surface area contributed by atoms with Crippen LogP contribution in [0, 0.1) is 16.7 Å². The number of hydrogen-bond donors (Lipinski definition) is 6. The zero-order chi connectivity index (χ0) is 16.4. The molecule has 22 heavy (non-hydrogen) atoms. The van der Waals surface area contributed by atoms with E-state index >= 15 is 0 Å². The first-order chi connectivity index (χ1) is 10.5. The van der Waals surface area contributed by atoms with Crippen LogP contribution in [-0.2, 0) is 4.74 Å². The summed E-state index contributed by atoms with van der Waals surface area (Å²) in [5, 5.41) is 60.3. The van der Waals surface area contributed by atoms with Crippen LogP contribution in [0.3, 0.4) is 0 Å². The predicted octanol–water partition coefficient (Wildman–Crippen LogP) is -3.06. The molecule has 1 aromatic heterocycles. The molecular formula is C10H12N6O6. The Morgan fingerprint density at radius 2 is 2.18 bits per heavy atom. The molecule has 2 heterocycles. The first-order valence-corrected chi connectivity index (χ1v) is 5.97. The molecule has 4 atom stereocenters. The molecule has 118 valence electrons. The van der Waals surface area contributed by atoms with Crippen molar-refractivity contribution in [2.75, 3.05) is 12.1 Å². The topological polar surface area (TPSA) is 198 Å². The summed E-state index contributed by atoms with van der Waals surface area (Å²) in [6.07, 6.45) is -5.61. The van der Waals surface area contributed by atoms with E-state index in [1.807, 2.05) is 0 Å². The van der Waals surface area contributed by atoms with E-state index in [1.54, 1.807) is 0 Å². The van der Waals surface area contributed by atoms with Crippen molar-refractivity contribution in [1.82, 2.24) is 15.0 Å². The van der Waals surface area contributed by atoms with Gasteiger partial charge in [0.15, 0.2) is 23.3 Å². The van der Waals surface area contributed by atoms with E-state index in [-0.39, 0.29) is 0 Å². The van der Waals surface area contributed by atoms with Crippen molar-refractivity contribution in [2.24, 2.45) is 0 Å². The second kappa shape index (κ2) is 6.13. The highest BCUT2D eigenvalue weighted by Crippen LogP contribution is 2.27. The molecule has 0 spiro atoms. The Bertz CT molecular complexity index is 683. The van der Waals surface area contributed by atoms with Crippen LogP contribution in [0.4, 0.5) is 5.69 Å². The molecule has 12 nitrogen and oxygen atoms in total. The van der Waals surface area contributed by atoms with Gasteiger partial charge in [0, 0.05) is 0 Å². The van der Waals surface area contributed by atoms with E-state index in [9.17, 15) is 15.0 Å². The molecule has 0 aromatic carbocycles. The van der Waals surface area contributed by atoms with E-state index in [0.29, 0.717) is 4.68 Å². The SMILES string of the molecule is N#CC(=N)c1nnn(C2OC(CO)C(O)C2O)c(=O)c1NO. The fourth-order valence-corrected chi connectivity index (χ4v) is 1.98. The lowest BCUT2D eigenvalue weighted by molar-refractivity contribution is -0.0622. The molecule has 1 saturated heterocycles. The monoisotopic (exact) mass is 312 g/mol. The smallest absolute Gasteiger partial charge is 0.298 e. The van der Waals surface area contributed by atoms with E-state index in [2.05, 4.69) is 10.3 Å². The maximum absolute atomic E-state index is 12.2. The molecule has 6 N–H and O–H groups in total. The Morgan fingerprint density at radius 3 is 2.68 bits per heavy atom. The van der Waals surface area contributed by atoms with Gasteiger partial charge in [-0.1, -0.05) is 5.21 Å². The van der Waals surface area contributed by atoms with E-state index < -0.39 is 53.8 Å². The molecule has 0 amide bonds. The third-order valence-electron chi connectivity index (χ3n) is 3.12. The predicted molar refractivity (Wildman–Crippen MR) is 67.2 cm³/mol. The molecule has 1 fully saturated rings. The van der Waals surface area contributed by atoms with Crippen LogP contribution in [0.5, 0.6) is 0 Å². The zero-order valence-corrected chi connectivity index (χ0v) is 10.9. The average molecular weight is 312 g/mol. The van der Waals surface area contributed by atoms with Gasteiger partial charge in [-0.05, 0) is 0 Å². The molecule has 0 radical (unpaired) electrons. The summed E-state index contributed by atoms with van der Waals surface area (Å²) in [5.41, 5.74) is -1.34. The van der Waals surface area contributed by atoms with Gasteiger partial charge in [-0.25, -0.2) is 0 Å². The molecule has 0 saturated carbocycles. The molecule has 0 bridgehead atoms. The number of nitriles is 1. The van der Waals surface area contributed by atoms with Gasteiger partial charge in [-0.3, -0.25) is 20.9 Å². The van der Waals surface area contributed by atoms with Gasteiger partial charge in [-0.2, -0.15) is 9.94 Å². The van der Waals surface area contributed by atoms with Crippen LogP contribution >= 0.6 is 0 Å². The number of ether oxygens (including phenoxy) is 1. The molecule has 2 rings (SSSR count). The maximum atomic E-state index is 12.2. The van der Waals surface area contributed by atoms with Crippen molar-refractivity contribution >= 4 is 11.4 Å². The normalized spacial score (nSPS) is 27.4. The molecule has 1 aliphatic heterocycles. The lowest BCUT2D eigenvalue weighted by Crippen LogP contribution is -2.38. The number of aliphatic hydroxyl groups excluding tert-OH is 3. The van der Waals surface area contributed by atoms with Gasteiger partial charge in [0.1, 0.15) is 24.4 Å². The second-order valence-electron chi connectivity index (χ2n) is 4.39. The van der Waals surface area contributed by atoms with Crippen molar-refractivity contribution in [3.05, 3.63) is 16.0 Å². The summed E-state index contributed by atoms with van der Waals surface area (Å²) in [4.78, 5) is 12.2. The summed E-state index contributed by atoms with van der Waals surface area (Å²) in [7, 11) is 0.